The van der Waals surface area contributed by atoms with Crippen molar-refractivity contribution in [1.82, 2.24) is 5.32 Å². The van der Waals surface area contributed by atoms with Gasteiger partial charge in [0.2, 0.25) is 0 Å². The largest absolute Gasteiger partial charge is 0.493 e. The van der Waals surface area contributed by atoms with Crippen molar-refractivity contribution >= 4 is 28.9 Å². The van der Waals surface area contributed by atoms with Crippen LogP contribution in [-0.2, 0) is 4.79 Å². The third kappa shape index (κ3) is 4.01. The van der Waals surface area contributed by atoms with Gasteiger partial charge < -0.3 is 14.8 Å². The predicted octanol–water partition coefficient (Wildman–Crippen LogP) is 3.01. The minimum absolute atomic E-state index is 0.151. The van der Waals surface area contributed by atoms with Crippen LogP contribution in [0, 0.1) is 5.41 Å². The van der Waals surface area contributed by atoms with E-state index in [4.69, 9.17) is 14.9 Å². The SMILES string of the molecule is CCCCOc1ccc(C=C2SC(=N)NC2=O)cc1OC. The third-order valence-electron chi connectivity index (χ3n) is 2.90. The number of amidine groups is 1. The number of carbonyl (C=O) groups is 1. The highest BCUT2D eigenvalue weighted by Crippen LogP contribution is 2.31. The summed E-state index contributed by atoms with van der Waals surface area (Å²) in [6.45, 7) is 2.76. The average Bonchev–Trinajstić information content (AvgIpc) is 2.78. The summed E-state index contributed by atoms with van der Waals surface area (Å²) in [5.74, 6) is 1.09. The van der Waals surface area contributed by atoms with Crippen molar-refractivity contribution in [2.24, 2.45) is 0 Å². The fourth-order valence-corrected chi connectivity index (χ4v) is 2.51. The molecule has 0 bridgehead atoms. The number of carbonyl (C=O) groups excluding carboxylic acids is 1. The molecule has 5 nitrogen and oxygen atoms in total. The number of ether oxygens (including phenoxy) is 2. The minimum Gasteiger partial charge on any atom is -0.493 e. The molecule has 6 heteroatoms. The van der Waals surface area contributed by atoms with Crippen LogP contribution in [0.5, 0.6) is 11.5 Å². The Labute approximate surface area is 128 Å². The number of rotatable bonds is 6. The van der Waals surface area contributed by atoms with Crippen LogP contribution in [0.25, 0.3) is 6.08 Å². The number of hydrogen-bond donors (Lipinski definition) is 2. The fourth-order valence-electron chi connectivity index (χ4n) is 1.81. The van der Waals surface area contributed by atoms with Gasteiger partial charge in [0.25, 0.3) is 5.91 Å². The fraction of sp³-hybridized carbons (Fsp3) is 0.333. The van der Waals surface area contributed by atoms with E-state index in [1.165, 1.54) is 0 Å². The maximum Gasteiger partial charge on any atom is 0.264 e. The summed E-state index contributed by atoms with van der Waals surface area (Å²) < 4.78 is 11.0. The van der Waals surface area contributed by atoms with Crippen molar-refractivity contribution in [3.05, 3.63) is 28.7 Å². The van der Waals surface area contributed by atoms with Crippen LogP contribution >= 0.6 is 11.8 Å². The van der Waals surface area contributed by atoms with E-state index in [1.807, 2.05) is 18.2 Å². The zero-order chi connectivity index (χ0) is 15.2. The summed E-state index contributed by atoms with van der Waals surface area (Å²) in [7, 11) is 1.59. The molecule has 1 fully saturated rings. The van der Waals surface area contributed by atoms with E-state index in [9.17, 15) is 4.79 Å². The third-order valence-corrected chi connectivity index (χ3v) is 3.73. The lowest BCUT2D eigenvalue weighted by atomic mass is 10.2. The molecule has 0 unspecified atom stereocenters. The van der Waals surface area contributed by atoms with Crippen LogP contribution in [-0.4, -0.2) is 24.8 Å². The van der Waals surface area contributed by atoms with Crippen LogP contribution in [0.4, 0.5) is 0 Å². The number of benzene rings is 1. The quantitative estimate of drug-likeness (QED) is 0.626. The Balaban J connectivity index is 2.17. The van der Waals surface area contributed by atoms with Gasteiger partial charge in [-0.05, 0) is 42.0 Å². The molecule has 1 amide bonds. The molecule has 1 aliphatic heterocycles. The highest BCUT2D eigenvalue weighted by molar-refractivity contribution is 8.18. The van der Waals surface area contributed by atoms with Gasteiger partial charge in [-0.1, -0.05) is 19.4 Å². The highest BCUT2D eigenvalue weighted by atomic mass is 32.2. The summed E-state index contributed by atoms with van der Waals surface area (Å²) in [5, 5.41) is 10.0. The van der Waals surface area contributed by atoms with Gasteiger partial charge >= 0.3 is 0 Å². The molecule has 1 aromatic carbocycles. The van der Waals surface area contributed by atoms with E-state index in [1.54, 1.807) is 13.2 Å². The topological polar surface area (TPSA) is 71.4 Å². The molecule has 2 N–H and O–H groups in total. The van der Waals surface area contributed by atoms with Gasteiger partial charge in [-0.25, -0.2) is 0 Å². The van der Waals surface area contributed by atoms with Gasteiger partial charge in [0.05, 0.1) is 18.6 Å². The Kier molecular flexibility index (Phi) is 5.27. The first kappa shape index (κ1) is 15.4. The lowest BCUT2D eigenvalue weighted by Gasteiger charge is -2.11. The van der Waals surface area contributed by atoms with Gasteiger partial charge in [0.15, 0.2) is 16.7 Å². The number of hydrogen-bond acceptors (Lipinski definition) is 5. The summed E-state index contributed by atoms with van der Waals surface area (Å²) in [6, 6.07) is 5.53. The Morgan fingerprint density at radius 1 is 1.38 bits per heavy atom. The summed E-state index contributed by atoms with van der Waals surface area (Å²) in [6.07, 6.45) is 3.80. The van der Waals surface area contributed by atoms with Crippen molar-refractivity contribution in [2.45, 2.75) is 19.8 Å². The highest BCUT2D eigenvalue weighted by Gasteiger charge is 2.22. The minimum atomic E-state index is -0.243. The van der Waals surface area contributed by atoms with Crippen LogP contribution < -0.4 is 14.8 Å². The summed E-state index contributed by atoms with van der Waals surface area (Å²) >= 11 is 1.11. The Hall–Kier alpha value is -1.95. The van der Waals surface area contributed by atoms with Crippen LogP contribution in [0.1, 0.15) is 25.3 Å². The van der Waals surface area contributed by atoms with Crippen LogP contribution in [0.2, 0.25) is 0 Å². The van der Waals surface area contributed by atoms with E-state index in [0.717, 1.165) is 30.2 Å². The molecule has 1 aliphatic rings. The Morgan fingerprint density at radius 2 is 2.19 bits per heavy atom. The maximum absolute atomic E-state index is 11.6. The second-order valence-corrected chi connectivity index (χ2v) is 5.56. The van der Waals surface area contributed by atoms with Crippen LogP contribution in [0.15, 0.2) is 23.1 Å². The van der Waals surface area contributed by atoms with E-state index in [2.05, 4.69) is 12.2 Å². The molecule has 0 radical (unpaired) electrons. The predicted molar refractivity (Wildman–Crippen MR) is 84.8 cm³/mol. The van der Waals surface area contributed by atoms with Gasteiger partial charge in [-0.3, -0.25) is 10.2 Å². The van der Waals surface area contributed by atoms with Gasteiger partial charge in [0.1, 0.15) is 0 Å². The van der Waals surface area contributed by atoms with Gasteiger partial charge in [-0.2, -0.15) is 0 Å². The summed E-state index contributed by atoms with van der Waals surface area (Å²) in [4.78, 5) is 12.1. The summed E-state index contributed by atoms with van der Waals surface area (Å²) in [5.41, 5.74) is 0.835. The zero-order valence-corrected chi connectivity index (χ0v) is 12.9. The van der Waals surface area contributed by atoms with Crippen molar-refractivity contribution in [2.75, 3.05) is 13.7 Å². The van der Waals surface area contributed by atoms with Crippen molar-refractivity contribution in [1.29, 1.82) is 5.41 Å². The number of thioether (sulfide) groups is 1. The molecule has 2 rings (SSSR count). The van der Waals surface area contributed by atoms with E-state index >= 15 is 0 Å². The molecular weight excluding hydrogens is 288 g/mol. The van der Waals surface area contributed by atoms with Crippen molar-refractivity contribution in [3.63, 3.8) is 0 Å². The average molecular weight is 306 g/mol. The van der Waals surface area contributed by atoms with Crippen molar-refractivity contribution in [3.8, 4) is 11.5 Å². The molecule has 1 saturated heterocycles. The van der Waals surface area contributed by atoms with Crippen molar-refractivity contribution < 1.29 is 14.3 Å². The first-order chi connectivity index (χ1) is 10.1. The molecule has 112 valence electrons. The molecule has 1 heterocycles. The number of methoxy groups -OCH3 is 1. The molecule has 0 aromatic heterocycles. The molecular formula is C15H18N2O3S. The Morgan fingerprint density at radius 3 is 2.81 bits per heavy atom. The van der Waals surface area contributed by atoms with E-state index < -0.39 is 0 Å². The maximum atomic E-state index is 11.6. The van der Waals surface area contributed by atoms with Gasteiger partial charge in [-0.15, -0.1) is 0 Å². The van der Waals surface area contributed by atoms with E-state index in [0.29, 0.717) is 23.0 Å². The molecule has 0 aliphatic carbocycles. The Bertz CT molecular complexity index is 584. The second kappa shape index (κ2) is 7.17. The smallest absolute Gasteiger partial charge is 0.264 e. The molecule has 0 saturated carbocycles. The first-order valence-corrected chi connectivity index (χ1v) is 7.56. The molecule has 1 aromatic rings. The lowest BCUT2D eigenvalue weighted by Crippen LogP contribution is -2.18. The van der Waals surface area contributed by atoms with Crippen LogP contribution in [0.3, 0.4) is 0 Å². The molecule has 0 atom stereocenters. The number of amides is 1. The lowest BCUT2D eigenvalue weighted by molar-refractivity contribution is -0.115. The first-order valence-electron chi connectivity index (χ1n) is 6.74. The number of unbranched alkanes of at least 4 members (excludes halogenated alkanes) is 1. The van der Waals surface area contributed by atoms with E-state index in [-0.39, 0.29) is 11.1 Å². The van der Waals surface area contributed by atoms with Gasteiger partial charge in [0, 0.05) is 0 Å². The monoisotopic (exact) mass is 306 g/mol. The normalized spacial score (nSPS) is 16.2. The zero-order valence-electron chi connectivity index (χ0n) is 12.1. The standard InChI is InChI=1S/C15H18N2O3S/c1-3-4-7-20-11-6-5-10(8-12(11)19-2)9-13-14(18)17-15(16)21-13/h5-6,8-9H,3-4,7H2,1-2H3,(H2,16,17,18). The number of nitrogens with one attached hydrogen (secondary N) is 2. The second-order valence-electron chi connectivity index (χ2n) is 4.51. The molecule has 0 spiro atoms. The molecule has 21 heavy (non-hydrogen) atoms.